The zero-order valence-electron chi connectivity index (χ0n) is 13.5. The Hall–Kier alpha value is -2.44. The molecule has 0 bridgehead atoms. The van der Waals surface area contributed by atoms with Gasteiger partial charge in [0.1, 0.15) is 0 Å². The minimum Gasteiger partial charge on any atom is -0.286 e. The molecule has 0 saturated heterocycles. The number of amides is 1. The van der Waals surface area contributed by atoms with E-state index in [1.165, 1.54) is 19.2 Å². The van der Waals surface area contributed by atoms with Crippen molar-refractivity contribution in [2.24, 2.45) is 0 Å². The maximum Gasteiger partial charge on any atom is 0.269 e. The molecule has 2 rings (SSSR count). The highest BCUT2D eigenvalue weighted by Gasteiger charge is 2.11. The van der Waals surface area contributed by atoms with Crippen molar-refractivity contribution in [3.8, 4) is 0 Å². The van der Waals surface area contributed by atoms with Crippen LogP contribution in [-0.4, -0.2) is 37.9 Å². The lowest BCUT2D eigenvalue weighted by molar-refractivity contribution is -0.153. The molecule has 126 valence electrons. The van der Waals surface area contributed by atoms with Crippen molar-refractivity contribution < 1.29 is 18.4 Å². The number of hydroxylamine groups is 2. The van der Waals surface area contributed by atoms with Crippen LogP contribution in [0.25, 0.3) is 6.08 Å². The van der Waals surface area contributed by atoms with E-state index in [1.54, 1.807) is 18.2 Å². The highest BCUT2D eigenvalue weighted by Crippen LogP contribution is 2.21. The van der Waals surface area contributed by atoms with Gasteiger partial charge in [-0.1, -0.05) is 36.4 Å². The fourth-order valence-corrected chi connectivity index (χ4v) is 2.88. The third-order valence-corrected chi connectivity index (χ3v) is 4.61. The molecule has 0 fully saturated rings. The van der Waals surface area contributed by atoms with Crippen LogP contribution in [0.5, 0.6) is 0 Å². The van der Waals surface area contributed by atoms with E-state index in [2.05, 4.69) is 0 Å². The fraction of sp³-hybridized carbons (Fsp3) is 0.167. The van der Waals surface area contributed by atoms with Crippen molar-refractivity contribution in [2.75, 3.05) is 13.3 Å². The molecule has 1 amide bonds. The molecule has 0 saturated carbocycles. The molecular formula is C18H19NO4S. The predicted molar refractivity (Wildman–Crippen MR) is 92.4 cm³/mol. The first kappa shape index (κ1) is 17.9. The number of hydrogen-bond acceptors (Lipinski definition) is 4. The smallest absolute Gasteiger partial charge is 0.269 e. The van der Waals surface area contributed by atoms with Crippen LogP contribution in [0, 0.1) is 0 Å². The Morgan fingerprint density at radius 1 is 1.17 bits per heavy atom. The number of hydrogen-bond donors (Lipinski definition) is 1. The van der Waals surface area contributed by atoms with Gasteiger partial charge in [-0.3, -0.25) is 10.0 Å². The van der Waals surface area contributed by atoms with Crippen molar-refractivity contribution in [2.45, 2.75) is 11.3 Å². The average Bonchev–Trinajstić information content (AvgIpc) is 2.53. The molecule has 0 aliphatic rings. The largest absolute Gasteiger partial charge is 0.286 e. The summed E-state index contributed by atoms with van der Waals surface area (Å²) in [7, 11) is -2.08. The summed E-state index contributed by atoms with van der Waals surface area (Å²) in [6, 6.07) is 14.4. The summed E-state index contributed by atoms with van der Waals surface area (Å²) in [4.78, 5) is 11.7. The molecule has 0 heterocycles. The lowest BCUT2D eigenvalue weighted by Gasteiger charge is -2.10. The Kier molecular flexibility index (Phi) is 5.54. The van der Waals surface area contributed by atoms with E-state index >= 15 is 0 Å². The fourth-order valence-electron chi connectivity index (χ4n) is 2.21. The summed E-state index contributed by atoms with van der Waals surface area (Å²) in [5.41, 5.74) is 2.54. The van der Waals surface area contributed by atoms with E-state index < -0.39 is 15.7 Å². The van der Waals surface area contributed by atoms with Crippen molar-refractivity contribution in [3.63, 3.8) is 0 Å². The highest BCUT2D eigenvalue weighted by molar-refractivity contribution is 7.90. The third kappa shape index (κ3) is 4.78. The second kappa shape index (κ2) is 7.42. The van der Waals surface area contributed by atoms with E-state index in [4.69, 9.17) is 5.21 Å². The highest BCUT2D eigenvalue weighted by atomic mass is 32.2. The minimum absolute atomic E-state index is 0.233. The van der Waals surface area contributed by atoms with Crippen LogP contribution in [-0.2, 0) is 21.1 Å². The quantitative estimate of drug-likeness (QED) is 0.513. The topological polar surface area (TPSA) is 74.7 Å². The second-order valence-electron chi connectivity index (χ2n) is 5.49. The first-order chi connectivity index (χ1) is 11.3. The Labute approximate surface area is 141 Å². The van der Waals surface area contributed by atoms with Crippen molar-refractivity contribution >= 4 is 21.8 Å². The van der Waals surface area contributed by atoms with Crippen LogP contribution in [0.3, 0.4) is 0 Å². The number of benzene rings is 2. The molecule has 5 nitrogen and oxygen atoms in total. The van der Waals surface area contributed by atoms with Gasteiger partial charge in [0.2, 0.25) is 0 Å². The zero-order valence-corrected chi connectivity index (χ0v) is 14.3. The summed E-state index contributed by atoms with van der Waals surface area (Å²) in [6.07, 6.45) is 4.50. The molecule has 0 radical (unpaired) electrons. The Morgan fingerprint density at radius 2 is 1.83 bits per heavy atom. The van der Waals surface area contributed by atoms with Gasteiger partial charge in [-0.2, -0.15) is 0 Å². The third-order valence-electron chi connectivity index (χ3n) is 3.50. The number of likely N-dealkylation sites (N-methyl/N-ethyl adjacent to an activating group) is 1. The molecule has 0 aliphatic heterocycles. The predicted octanol–water partition coefficient (Wildman–Crippen LogP) is 2.54. The van der Waals surface area contributed by atoms with Crippen molar-refractivity contribution in [1.29, 1.82) is 0 Å². The number of sulfone groups is 1. The summed E-state index contributed by atoms with van der Waals surface area (Å²) < 4.78 is 23.6. The van der Waals surface area contributed by atoms with Gasteiger partial charge < -0.3 is 0 Å². The molecule has 0 aromatic heterocycles. The molecule has 0 spiro atoms. The van der Waals surface area contributed by atoms with Gasteiger partial charge in [0.05, 0.1) is 4.90 Å². The van der Waals surface area contributed by atoms with Crippen LogP contribution >= 0.6 is 0 Å². The van der Waals surface area contributed by atoms with E-state index in [0.29, 0.717) is 11.5 Å². The molecule has 6 heteroatoms. The Balaban J connectivity index is 2.44. The van der Waals surface area contributed by atoms with Gasteiger partial charge in [0.15, 0.2) is 9.84 Å². The Morgan fingerprint density at radius 3 is 2.42 bits per heavy atom. The number of rotatable bonds is 5. The van der Waals surface area contributed by atoms with Crippen molar-refractivity contribution in [3.05, 3.63) is 71.3 Å². The number of nitrogens with zero attached hydrogens (tertiary/aromatic N) is 1. The van der Waals surface area contributed by atoms with E-state index in [1.807, 2.05) is 30.3 Å². The standard InChI is InChI=1S/C18H19NO4S/c1-19(21)18(20)11-9-15-8-10-17(24(2,22)23)13-16(15)12-14-6-4-3-5-7-14/h3-11,13,21H,12H2,1-2H3/b11-9+. The number of carbonyl (C=O) groups excluding carboxylic acids is 1. The number of carbonyl (C=O) groups is 1. The molecular weight excluding hydrogens is 326 g/mol. The van der Waals surface area contributed by atoms with E-state index in [0.717, 1.165) is 22.9 Å². The van der Waals surface area contributed by atoms with E-state index in [9.17, 15) is 13.2 Å². The zero-order chi connectivity index (χ0) is 17.7. The van der Waals surface area contributed by atoms with Gasteiger partial charge >= 0.3 is 0 Å². The minimum atomic E-state index is -3.32. The van der Waals surface area contributed by atoms with Crippen LogP contribution < -0.4 is 0 Å². The molecule has 2 aromatic rings. The maximum absolute atomic E-state index is 11.8. The maximum atomic E-state index is 11.8. The first-order valence-electron chi connectivity index (χ1n) is 7.29. The molecule has 0 atom stereocenters. The summed E-state index contributed by atoms with van der Waals surface area (Å²) in [5, 5.41) is 9.59. The van der Waals surface area contributed by atoms with Crippen LogP contribution in [0.2, 0.25) is 0 Å². The molecule has 0 aliphatic carbocycles. The van der Waals surface area contributed by atoms with Crippen LogP contribution in [0.15, 0.2) is 59.5 Å². The second-order valence-corrected chi connectivity index (χ2v) is 7.51. The monoisotopic (exact) mass is 345 g/mol. The molecule has 24 heavy (non-hydrogen) atoms. The normalized spacial score (nSPS) is 11.6. The van der Waals surface area contributed by atoms with Crippen molar-refractivity contribution in [1.82, 2.24) is 5.06 Å². The van der Waals surface area contributed by atoms with Gasteiger partial charge in [-0.05, 0) is 41.3 Å². The SMILES string of the molecule is CN(O)C(=O)/C=C/c1ccc(S(C)(=O)=O)cc1Cc1ccccc1. The lowest BCUT2D eigenvalue weighted by atomic mass is 9.99. The van der Waals surface area contributed by atoms with Gasteiger partial charge in [0, 0.05) is 19.4 Å². The van der Waals surface area contributed by atoms with Crippen LogP contribution in [0.1, 0.15) is 16.7 Å². The summed E-state index contributed by atoms with van der Waals surface area (Å²) in [5.74, 6) is -0.562. The lowest BCUT2D eigenvalue weighted by Crippen LogP contribution is -2.19. The Bertz CT molecular complexity index is 856. The average molecular weight is 345 g/mol. The summed E-state index contributed by atoms with van der Waals surface area (Å²) in [6.45, 7) is 0. The first-order valence-corrected chi connectivity index (χ1v) is 9.18. The van der Waals surface area contributed by atoms with Gasteiger partial charge in [-0.25, -0.2) is 13.5 Å². The summed E-state index contributed by atoms with van der Waals surface area (Å²) >= 11 is 0. The van der Waals surface area contributed by atoms with Gasteiger partial charge in [-0.15, -0.1) is 0 Å². The molecule has 1 N–H and O–H groups in total. The van der Waals surface area contributed by atoms with Gasteiger partial charge in [0.25, 0.3) is 5.91 Å². The van der Waals surface area contributed by atoms with E-state index in [-0.39, 0.29) is 4.90 Å². The molecule has 0 unspecified atom stereocenters. The van der Waals surface area contributed by atoms with Crippen LogP contribution in [0.4, 0.5) is 0 Å². The molecule has 2 aromatic carbocycles.